The van der Waals surface area contributed by atoms with Crippen molar-refractivity contribution in [2.45, 2.75) is 25.4 Å². The van der Waals surface area contributed by atoms with E-state index in [4.69, 9.17) is 5.73 Å². The Morgan fingerprint density at radius 2 is 2.62 bits per heavy atom. The van der Waals surface area contributed by atoms with Crippen LogP contribution in [-0.2, 0) is 0 Å². The van der Waals surface area contributed by atoms with Crippen LogP contribution in [0.2, 0.25) is 0 Å². The molecule has 13 heavy (non-hydrogen) atoms. The molecule has 1 saturated heterocycles. The molecule has 0 spiro atoms. The van der Waals surface area contributed by atoms with Crippen molar-refractivity contribution in [2.75, 3.05) is 11.5 Å². The Bertz CT molecular complexity index is 276. The van der Waals surface area contributed by atoms with E-state index in [-0.39, 0.29) is 6.04 Å². The lowest BCUT2D eigenvalue weighted by Gasteiger charge is -2.16. The van der Waals surface area contributed by atoms with E-state index in [1.807, 2.05) is 31.2 Å². The van der Waals surface area contributed by atoms with E-state index in [0.29, 0.717) is 6.04 Å². The largest absolute Gasteiger partial charge is 0.329 e. The Balaban J connectivity index is 2.23. The first-order valence-corrected chi connectivity index (χ1v) is 5.79. The number of nitrogens with two attached hydrogens (primary N) is 1. The highest BCUT2D eigenvalue weighted by molar-refractivity contribution is 7.99. The van der Waals surface area contributed by atoms with Crippen LogP contribution in [-0.4, -0.2) is 21.1 Å². The van der Waals surface area contributed by atoms with Crippen molar-refractivity contribution < 1.29 is 0 Å². The molecule has 1 aromatic heterocycles. The molecule has 2 heterocycles. The monoisotopic (exact) mass is 197 g/mol. The summed E-state index contributed by atoms with van der Waals surface area (Å²) in [5.41, 5.74) is 7.02. The highest BCUT2D eigenvalue weighted by Crippen LogP contribution is 2.29. The van der Waals surface area contributed by atoms with Crippen molar-refractivity contribution in [1.82, 2.24) is 9.55 Å². The Kier molecular flexibility index (Phi) is 2.60. The molecule has 2 atom stereocenters. The van der Waals surface area contributed by atoms with E-state index < -0.39 is 0 Å². The first kappa shape index (κ1) is 9.09. The van der Waals surface area contributed by atoms with Gasteiger partial charge in [0.25, 0.3) is 0 Å². The summed E-state index contributed by atoms with van der Waals surface area (Å²) in [6, 6.07) is 0.710. The van der Waals surface area contributed by atoms with E-state index in [0.717, 1.165) is 5.69 Å². The Hall–Kier alpha value is -0.480. The molecular formula is C9H15N3S. The van der Waals surface area contributed by atoms with Crippen LogP contribution in [0.1, 0.15) is 31.1 Å². The quantitative estimate of drug-likeness (QED) is 0.783. The average molecular weight is 197 g/mol. The molecule has 1 unspecified atom stereocenters. The van der Waals surface area contributed by atoms with Crippen LogP contribution in [0.5, 0.6) is 0 Å². The summed E-state index contributed by atoms with van der Waals surface area (Å²) in [6.45, 7) is 2.01. The van der Waals surface area contributed by atoms with Crippen LogP contribution in [0.15, 0.2) is 12.5 Å². The van der Waals surface area contributed by atoms with Crippen molar-refractivity contribution in [1.29, 1.82) is 0 Å². The van der Waals surface area contributed by atoms with Gasteiger partial charge < -0.3 is 10.3 Å². The van der Waals surface area contributed by atoms with E-state index in [1.54, 1.807) is 0 Å². The lowest BCUT2D eigenvalue weighted by atomic mass is 10.2. The summed E-state index contributed by atoms with van der Waals surface area (Å²) < 4.78 is 2.24. The summed E-state index contributed by atoms with van der Waals surface area (Å²) >= 11 is 2.01. The van der Waals surface area contributed by atoms with Gasteiger partial charge in [-0.1, -0.05) is 0 Å². The molecule has 3 nitrogen and oxygen atoms in total. The number of rotatable bonds is 2. The van der Waals surface area contributed by atoms with Gasteiger partial charge in [-0.2, -0.15) is 11.8 Å². The second kappa shape index (κ2) is 3.72. The summed E-state index contributed by atoms with van der Waals surface area (Å²) in [5.74, 6) is 2.47. The van der Waals surface area contributed by atoms with Gasteiger partial charge in [0.15, 0.2) is 0 Å². The number of aromatic nitrogens is 2. The van der Waals surface area contributed by atoms with Gasteiger partial charge in [0.2, 0.25) is 0 Å². The van der Waals surface area contributed by atoms with E-state index >= 15 is 0 Å². The van der Waals surface area contributed by atoms with Crippen LogP contribution < -0.4 is 5.73 Å². The zero-order chi connectivity index (χ0) is 9.26. The van der Waals surface area contributed by atoms with Crippen molar-refractivity contribution in [3.8, 4) is 0 Å². The number of thioether (sulfide) groups is 1. The molecular weight excluding hydrogens is 182 g/mol. The summed E-state index contributed by atoms with van der Waals surface area (Å²) in [5, 5.41) is 0. The number of nitrogens with zero attached hydrogens (tertiary/aromatic N) is 2. The molecule has 2 N–H and O–H groups in total. The van der Waals surface area contributed by atoms with Crippen LogP contribution >= 0.6 is 11.8 Å². The molecule has 1 fully saturated rings. The highest BCUT2D eigenvalue weighted by atomic mass is 32.2. The molecule has 1 aliphatic rings. The van der Waals surface area contributed by atoms with Gasteiger partial charge in [-0.25, -0.2) is 4.98 Å². The van der Waals surface area contributed by atoms with Gasteiger partial charge in [0, 0.05) is 24.0 Å². The molecule has 1 aromatic rings. The lowest BCUT2D eigenvalue weighted by Crippen LogP contribution is -2.16. The maximum atomic E-state index is 5.86. The lowest BCUT2D eigenvalue weighted by molar-refractivity contribution is 0.523. The zero-order valence-corrected chi connectivity index (χ0v) is 8.63. The predicted molar refractivity (Wildman–Crippen MR) is 55.8 cm³/mol. The molecule has 1 aliphatic heterocycles. The number of hydrogen-bond donors (Lipinski definition) is 1. The second-order valence-electron chi connectivity index (χ2n) is 3.53. The van der Waals surface area contributed by atoms with Crippen LogP contribution in [0, 0.1) is 0 Å². The third-order valence-electron chi connectivity index (χ3n) is 2.46. The van der Waals surface area contributed by atoms with E-state index in [9.17, 15) is 0 Å². The van der Waals surface area contributed by atoms with Crippen molar-refractivity contribution >= 4 is 11.8 Å². The van der Waals surface area contributed by atoms with Crippen LogP contribution in [0.4, 0.5) is 0 Å². The average Bonchev–Trinajstić information content (AvgIpc) is 2.74. The minimum atomic E-state index is 0.0908. The molecule has 0 radical (unpaired) electrons. The summed E-state index contributed by atoms with van der Waals surface area (Å²) in [6.07, 6.45) is 5.05. The maximum absolute atomic E-state index is 5.86. The van der Waals surface area contributed by atoms with Gasteiger partial charge in [-0.15, -0.1) is 0 Å². The molecule has 0 amide bonds. The molecule has 0 bridgehead atoms. The third-order valence-corrected chi connectivity index (χ3v) is 3.61. The molecule has 4 heteroatoms. The fourth-order valence-electron chi connectivity index (χ4n) is 1.71. The minimum absolute atomic E-state index is 0.0908. The van der Waals surface area contributed by atoms with Gasteiger partial charge in [-0.3, -0.25) is 0 Å². The zero-order valence-electron chi connectivity index (χ0n) is 7.81. The second-order valence-corrected chi connectivity index (χ2v) is 4.68. The highest BCUT2D eigenvalue weighted by Gasteiger charge is 2.20. The standard InChI is InChI=1S/C9H15N3S/c1-7(10)9-4-11-6-12(9)8-2-3-13-5-8/h4,6-8H,2-3,5,10H2,1H3/t7-,8?/m0/s1. The molecule has 0 aromatic carbocycles. The van der Waals surface area contributed by atoms with Crippen molar-refractivity contribution in [2.24, 2.45) is 5.73 Å². The fraction of sp³-hybridized carbons (Fsp3) is 0.667. The maximum Gasteiger partial charge on any atom is 0.0951 e. The smallest absolute Gasteiger partial charge is 0.0951 e. The fourth-order valence-corrected chi connectivity index (χ4v) is 2.92. The Morgan fingerprint density at radius 3 is 3.23 bits per heavy atom. The first-order valence-electron chi connectivity index (χ1n) is 4.64. The van der Waals surface area contributed by atoms with E-state index in [2.05, 4.69) is 9.55 Å². The van der Waals surface area contributed by atoms with E-state index in [1.165, 1.54) is 17.9 Å². The van der Waals surface area contributed by atoms with Crippen molar-refractivity contribution in [3.05, 3.63) is 18.2 Å². The number of hydrogen-bond acceptors (Lipinski definition) is 3. The summed E-state index contributed by atoms with van der Waals surface area (Å²) in [4.78, 5) is 4.16. The molecule has 0 aliphatic carbocycles. The summed E-state index contributed by atoms with van der Waals surface area (Å²) in [7, 11) is 0. The Morgan fingerprint density at radius 1 is 1.77 bits per heavy atom. The normalized spacial score (nSPS) is 24.9. The topological polar surface area (TPSA) is 43.8 Å². The number of imidazole rings is 1. The minimum Gasteiger partial charge on any atom is -0.329 e. The van der Waals surface area contributed by atoms with Gasteiger partial charge in [0.05, 0.1) is 12.0 Å². The Labute approximate surface area is 82.7 Å². The molecule has 2 rings (SSSR count). The molecule has 72 valence electrons. The first-order chi connectivity index (χ1) is 6.29. The third kappa shape index (κ3) is 1.74. The van der Waals surface area contributed by atoms with Gasteiger partial charge in [0.1, 0.15) is 0 Å². The van der Waals surface area contributed by atoms with Crippen LogP contribution in [0.3, 0.4) is 0 Å². The SMILES string of the molecule is C[C@H](N)c1cncn1C1CCSC1. The van der Waals surface area contributed by atoms with Gasteiger partial charge in [-0.05, 0) is 19.1 Å². The van der Waals surface area contributed by atoms with Gasteiger partial charge >= 0.3 is 0 Å². The predicted octanol–water partition coefficient (Wildman–Crippen LogP) is 1.58. The van der Waals surface area contributed by atoms with Crippen LogP contribution in [0.25, 0.3) is 0 Å². The van der Waals surface area contributed by atoms with Crippen molar-refractivity contribution in [3.63, 3.8) is 0 Å². The molecule has 0 saturated carbocycles.